The molecule has 0 atom stereocenters. The molecule has 0 saturated carbocycles. The first kappa shape index (κ1) is 21.0. The van der Waals surface area contributed by atoms with E-state index in [1.807, 2.05) is 24.3 Å². The second kappa shape index (κ2) is 9.60. The zero-order chi connectivity index (χ0) is 20.7. The summed E-state index contributed by atoms with van der Waals surface area (Å²) in [7, 11) is 0. The minimum absolute atomic E-state index is 0.305. The molecule has 148 valence electrons. The van der Waals surface area contributed by atoms with Gasteiger partial charge in [-0.1, -0.05) is 52.0 Å². The molecule has 2 aromatic rings. The van der Waals surface area contributed by atoms with E-state index in [1.54, 1.807) is 24.3 Å². The van der Waals surface area contributed by atoms with Gasteiger partial charge in [-0.05, 0) is 53.8 Å². The van der Waals surface area contributed by atoms with E-state index in [2.05, 4.69) is 53.8 Å². The molecule has 0 saturated heterocycles. The summed E-state index contributed by atoms with van der Waals surface area (Å²) < 4.78 is 0. The van der Waals surface area contributed by atoms with Crippen LogP contribution in [0.4, 0.5) is 0 Å². The largest absolute Gasteiger partial charge is 0.386 e. The van der Waals surface area contributed by atoms with Gasteiger partial charge in [-0.25, -0.2) is 29.1 Å². The van der Waals surface area contributed by atoms with Gasteiger partial charge in [0.1, 0.15) is 0 Å². The monoisotopic (exact) mass is 384 g/mol. The van der Waals surface area contributed by atoms with Crippen LogP contribution in [0, 0.1) is 0 Å². The Kier molecular flexibility index (Phi) is 7.21. The molecule has 2 rings (SSSR count). The number of hydrogen-bond donors (Lipinski definition) is 0. The molecule has 0 amide bonds. The molecule has 0 fully saturated rings. The Hall–Kier alpha value is -3.28. The maximum Gasteiger partial charge on any atom is 0.386 e. The lowest BCUT2D eigenvalue weighted by atomic mass is 10.0. The Balaban J connectivity index is 1.78. The van der Waals surface area contributed by atoms with E-state index in [0.29, 0.717) is 23.0 Å². The third-order valence-electron chi connectivity index (χ3n) is 4.05. The first-order valence-corrected chi connectivity index (χ1v) is 8.94. The number of carbonyl (C=O) groups is 2. The highest BCUT2D eigenvalue weighted by atomic mass is 17.3. The molecule has 6 heteroatoms. The predicted molar refractivity (Wildman–Crippen MR) is 103 cm³/mol. The minimum atomic E-state index is -0.726. The van der Waals surface area contributed by atoms with Crippen molar-refractivity contribution in [1.82, 2.24) is 0 Å². The molecular formula is C22H24O6. The molecule has 0 aliphatic heterocycles. The van der Waals surface area contributed by atoms with Crippen LogP contribution in [0.5, 0.6) is 0 Å². The van der Waals surface area contributed by atoms with E-state index >= 15 is 0 Å². The van der Waals surface area contributed by atoms with Crippen LogP contribution in [-0.2, 0) is 19.6 Å². The van der Waals surface area contributed by atoms with Crippen molar-refractivity contribution >= 4 is 11.9 Å². The Bertz CT molecular complexity index is 750. The Labute approximate surface area is 164 Å². The number of carbonyl (C=O) groups excluding carboxylic acids is 2. The van der Waals surface area contributed by atoms with E-state index in [4.69, 9.17) is 0 Å². The Morgan fingerprint density at radius 2 is 0.964 bits per heavy atom. The Morgan fingerprint density at radius 1 is 0.643 bits per heavy atom. The first-order chi connectivity index (χ1) is 13.3. The van der Waals surface area contributed by atoms with Crippen LogP contribution < -0.4 is 0 Å². The molecule has 0 unspecified atom stereocenters. The van der Waals surface area contributed by atoms with E-state index in [9.17, 15) is 9.59 Å². The van der Waals surface area contributed by atoms with Gasteiger partial charge in [0.25, 0.3) is 0 Å². The van der Waals surface area contributed by atoms with Crippen molar-refractivity contribution in [3.05, 3.63) is 83.3 Å². The first-order valence-electron chi connectivity index (χ1n) is 8.94. The van der Waals surface area contributed by atoms with Crippen LogP contribution >= 0.6 is 0 Å². The van der Waals surface area contributed by atoms with Crippen LogP contribution in [0.25, 0.3) is 0 Å². The summed E-state index contributed by atoms with van der Waals surface area (Å²) in [6, 6.07) is 13.9. The van der Waals surface area contributed by atoms with Gasteiger partial charge in [0.05, 0.1) is 11.1 Å². The number of benzene rings is 2. The Morgan fingerprint density at radius 3 is 1.25 bits per heavy atom. The predicted octanol–water partition coefficient (Wildman–Crippen LogP) is 5.28. The molecule has 6 nitrogen and oxygen atoms in total. The lowest BCUT2D eigenvalue weighted by Gasteiger charge is -2.09. The molecule has 0 aliphatic carbocycles. The molecular weight excluding hydrogens is 360 g/mol. The second-order valence-corrected chi connectivity index (χ2v) is 6.83. The van der Waals surface area contributed by atoms with E-state index in [1.165, 1.54) is 0 Å². The summed E-state index contributed by atoms with van der Waals surface area (Å²) in [6.07, 6.45) is 0. The van der Waals surface area contributed by atoms with Gasteiger partial charge in [0.2, 0.25) is 0 Å². The zero-order valence-electron chi connectivity index (χ0n) is 16.4. The summed E-state index contributed by atoms with van der Waals surface area (Å²) >= 11 is 0. The molecule has 0 aromatic heterocycles. The summed E-state index contributed by atoms with van der Waals surface area (Å²) in [4.78, 5) is 42.3. The molecule has 0 spiro atoms. The summed E-state index contributed by atoms with van der Waals surface area (Å²) in [5.41, 5.74) is 2.80. The van der Waals surface area contributed by atoms with E-state index < -0.39 is 17.9 Å². The average Bonchev–Trinajstić information content (AvgIpc) is 2.70. The molecule has 0 bridgehead atoms. The standard InChI is InChI=1S/C22H24O6/c1-14(2)17-6-10-19(11-7-17)21(23)27-25-16(5)26-28-22(24)20-12-8-18(9-13-20)15(3)4/h6-15H,5H2,1-4H3. The minimum Gasteiger partial charge on any atom is -0.243 e. The number of rotatable bonds is 8. The molecule has 0 N–H and O–H groups in total. The SMILES string of the molecule is C=C(OOC(=O)c1ccc(C(C)C)cc1)OOC(=O)c1ccc(C(C)C)cc1. The highest BCUT2D eigenvalue weighted by molar-refractivity contribution is 5.89. The van der Waals surface area contributed by atoms with Crippen LogP contribution in [-0.4, -0.2) is 11.9 Å². The van der Waals surface area contributed by atoms with Crippen molar-refractivity contribution in [2.45, 2.75) is 39.5 Å². The smallest absolute Gasteiger partial charge is 0.243 e. The zero-order valence-corrected chi connectivity index (χ0v) is 16.4. The third-order valence-corrected chi connectivity index (χ3v) is 4.05. The van der Waals surface area contributed by atoms with Gasteiger partial charge in [-0.15, -0.1) is 0 Å². The van der Waals surface area contributed by atoms with Crippen LogP contribution in [0.3, 0.4) is 0 Å². The van der Waals surface area contributed by atoms with Crippen LogP contribution in [0.2, 0.25) is 0 Å². The quantitative estimate of drug-likeness (QED) is 0.350. The van der Waals surface area contributed by atoms with Gasteiger partial charge >= 0.3 is 17.9 Å². The molecule has 0 radical (unpaired) electrons. The third kappa shape index (κ3) is 5.87. The second-order valence-electron chi connectivity index (χ2n) is 6.83. The highest BCUT2D eigenvalue weighted by Crippen LogP contribution is 2.17. The summed E-state index contributed by atoms with van der Waals surface area (Å²) in [5.74, 6) is -1.23. The topological polar surface area (TPSA) is 71.1 Å². The fourth-order valence-corrected chi connectivity index (χ4v) is 2.29. The normalized spacial score (nSPS) is 10.5. The van der Waals surface area contributed by atoms with Crippen molar-refractivity contribution < 1.29 is 29.1 Å². The summed E-state index contributed by atoms with van der Waals surface area (Å²) in [5, 5.41) is 0. The maximum absolute atomic E-state index is 11.9. The fraction of sp³-hybridized carbons (Fsp3) is 0.273. The van der Waals surface area contributed by atoms with Crippen molar-refractivity contribution in [2.24, 2.45) is 0 Å². The van der Waals surface area contributed by atoms with Gasteiger partial charge in [0, 0.05) is 0 Å². The highest BCUT2D eigenvalue weighted by Gasteiger charge is 2.14. The van der Waals surface area contributed by atoms with Gasteiger partial charge < -0.3 is 0 Å². The van der Waals surface area contributed by atoms with Gasteiger partial charge in [-0.2, -0.15) is 0 Å². The molecule has 0 heterocycles. The van der Waals surface area contributed by atoms with Gasteiger partial charge in [0.15, 0.2) is 0 Å². The lowest BCUT2D eigenvalue weighted by Crippen LogP contribution is -2.10. The van der Waals surface area contributed by atoms with Crippen molar-refractivity contribution in [1.29, 1.82) is 0 Å². The van der Waals surface area contributed by atoms with Gasteiger partial charge in [-0.3, -0.25) is 0 Å². The van der Waals surface area contributed by atoms with Crippen molar-refractivity contribution in [3.8, 4) is 0 Å². The number of hydrogen-bond acceptors (Lipinski definition) is 6. The van der Waals surface area contributed by atoms with Crippen molar-refractivity contribution in [3.63, 3.8) is 0 Å². The van der Waals surface area contributed by atoms with Crippen LogP contribution in [0.15, 0.2) is 61.1 Å². The van der Waals surface area contributed by atoms with E-state index in [0.717, 1.165) is 11.1 Å². The summed E-state index contributed by atoms with van der Waals surface area (Å²) in [6.45, 7) is 11.6. The lowest BCUT2D eigenvalue weighted by molar-refractivity contribution is -0.317. The van der Waals surface area contributed by atoms with E-state index in [-0.39, 0.29) is 0 Å². The fourth-order valence-electron chi connectivity index (χ4n) is 2.29. The molecule has 0 aliphatic rings. The van der Waals surface area contributed by atoms with Crippen molar-refractivity contribution in [2.75, 3.05) is 0 Å². The maximum atomic E-state index is 11.9. The van der Waals surface area contributed by atoms with Crippen LogP contribution in [0.1, 0.15) is 71.4 Å². The molecule has 2 aromatic carbocycles. The molecule has 28 heavy (non-hydrogen) atoms. The average molecular weight is 384 g/mol.